The first kappa shape index (κ1) is 31.6. The highest BCUT2D eigenvalue weighted by atomic mass is 16.7. The van der Waals surface area contributed by atoms with Gasteiger partial charge < -0.3 is 28.5 Å². The monoisotopic (exact) mass is 630 g/mol. The average molecular weight is 631 g/mol. The van der Waals surface area contributed by atoms with Gasteiger partial charge >= 0.3 is 12.1 Å². The predicted octanol–water partition coefficient (Wildman–Crippen LogP) is 6.23. The normalized spacial score (nSPS) is 27.4. The minimum Gasteiger partial charge on any atom is -0.459 e. The third-order valence-electron chi connectivity index (χ3n) is 11.9. The molecule has 2 bridgehead atoms. The summed E-state index contributed by atoms with van der Waals surface area (Å²) < 4.78 is 20.4. The van der Waals surface area contributed by atoms with Crippen LogP contribution in [0.2, 0.25) is 0 Å². The van der Waals surface area contributed by atoms with Crippen LogP contribution in [0.5, 0.6) is 0 Å². The molecule has 46 heavy (non-hydrogen) atoms. The Morgan fingerprint density at radius 2 is 1.33 bits per heavy atom. The number of rotatable bonds is 8. The second-order valence-corrected chi connectivity index (χ2v) is 14.4. The standard InChI is InChI=1S/C38H52N3O5/c1-29(44-37(43)40-23-19-32(20-24-40)39-21-9-4-10-22-39)46-38(30-13-5-2-6-14-30,31-15-7-3-8-16-31)36(42)45-35-27-33-17-18-34(28-35)41(33)25-11-12-26-41/h2-3,5-8,13-16,29,32-35H,4,9-12,17-28H2,1H3/q+1. The summed E-state index contributed by atoms with van der Waals surface area (Å²) in [7, 11) is 0. The summed E-state index contributed by atoms with van der Waals surface area (Å²) in [5.74, 6) is -0.436. The minimum atomic E-state index is -1.58. The second kappa shape index (κ2) is 13.7. The van der Waals surface area contributed by atoms with E-state index in [4.69, 9.17) is 14.2 Å². The third-order valence-corrected chi connectivity index (χ3v) is 11.9. The molecule has 8 nitrogen and oxygen atoms in total. The Morgan fingerprint density at radius 3 is 1.89 bits per heavy atom. The number of nitrogens with zero attached hydrogens (tertiary/aromatic N) is 3. The van der Waals surface area contributed by atoms with Crippen LogP contribution < -0.4 is 0 Å². The van der Waals surface area contributed by atoms with Crippen LogP contribution in [0.3, 0.4) is 0 Å². The van der Waals surface area contributed by atoms with Crippen molar-refractivity contribution in [3.05, 3.63) is 71.8 Å². The lowest BCUT2D eigenvalue weighted by atomic mass is 9.85. The molecule has 248 valence electrons. The highest BCUT2D eigenvalue weighted by Crippen LogP contribution is 2.47. The lowest BCUT2D eigenvalue weighted by Crippen LogP contribution is -2.60. The summed E-state index contributed by atoms with van der Waals surface area (Å²) in [5.41, 5.74) is -0.253. The molecule has 5 saturated heterocycles. The van der Waals surface area contributed by atoms with Crippen molar-refractivity contribution in [3.63, 3.8) is 0 Å². The smallest absolute Gasteiger partial charge is 0.412 e. The predicted molar refractivity (Wildman–Crippen MR) is 176 cm³/mol. The maximum absolute atomic E-state index is 14.7. The molecule has 3 atom stereocenters. The first-order chi connectivity index (χ1) is 22.5. The number of carbonyl (C=O) groups excluding carboxylic acids is 2. The molecular formula is C38H52N3O5+. The van der Waals surface area contributed by atoms with Gasteiger partial charge in [-0.15, -0.1) is 0 Å². The van der Waals surface area contributed by atoms with Crippen LogP contribution in [0.25, 0.3) is 0 Å². The van der Waals surface area contributed by atoms with E-state index in [0.29, 0.717) is 42.3 Å². The van der Waals surface area contributed by atoms with Crippen molar-refractivity contribution < 1.29 is 28.3 Å². The zero-order chi connectivity index (χ0) is 31.6. The van der Waals surface area contributed by atoms with E-state index in [1.54, 1.807) is 11.8 Å². The molecule has 7 rings (SSSR count). The van der Waals surface area contributed by atoms with E-state index in [0.717, 1.165) is 25.7 Å². The molecule has 1 spiro atoms. The van der Waals surface area contributed by atoms with Gasteiger partial charge in [-0.25, -0.2) is 9.59 Å². The van der Waals surface area contributed by atoms with Crippen LogP contribution in [0.15, 0.2) is 60.7 Å². The van der Waals surface area contributed by atoms with Gasteiger partial charge in [-0.3, -0.25) is 0 Å². The molecule has 2 aromatic carbocycles. The van der Waals surface area contributed by atoms with Gasteiger partial charge in [-0.05, 0) is 56.8 Å². The van der Waals surface area contributed by atoms with Gasteiger partial charge in [0, 0.05) is 57.7 Å². The van der Waals surface area contributed by atoms with Crippen molar-refractivity contribution in [1.82, 2.24) is 9.80 Å². The molecule has 5 aliphatic rings. The largest absolute Gasteiger partial charge is 0.459 e. The molecule has 5 aliphatic heterocycles. The number of amides is 1. The molecule has 1 amide bonds. The fourth-order valence-corrected chi connectivity index (χ4v) is 9.66. The summed E-state index contributed by atoms with van der Waals surface area (Å²) in [4.78, 5) is 32.5. The Kier molecular flexibility index (Phi) is 9.40. The van der Waals surface area contributed by atoms with Crippen molar-refractivity contribution in [3.8, 4) is 0 Å². The summed E-state index contributed by atoms with van der Waals surface area (Å²) in [6, 6.07) is 20.8. The van der Waals surface area contributed by atoms with Gasteiger partial charge in [0.05, 0.1) is 25.2 Å². The van der Waals surface area contributed by atoms with Gasteiger partial charge in [0.2, 0.25) is 11.9 Å². The topological polar surface area (TPSA) is 68.3 Å². The number of carbonyl (C=O) groups is 2. The first-order valence-electron chi connectivity index (χ1n) is 18.0. The number of ether oxygens (including phenoxy) is 3. The molecule has 3 unspecified atom stereocenters. The summed E-state index contributed by atoms with van der Waals surface area (Å²) in [6.45, 7) is 7.93. The van der Waals surface area contributed by atoms with E-state index in [9.17, 15) is 9.59 Å². The quantitative estimate of drug-likeness (QED) is 0.196. The van der Waals surface area contributed by atoms with E-state index in [1.165, 1.54) is 75.6 Å². The van der Waals surface area contributed by atoms with E-state index in [-0.39, 0.29) is 6.10 Å². The zero-order valence-corrected chi connectivity index (χ0v) is 27.6. The van der Waals surface area contributed by atoms with Crippen molar-refractivity contribution in [2.24, 2.45) is 0 Å². The van der Waals surface area contributed by atoms with Crippen LogP contribution >= 0.6 is 0 Å². The Labute approximate surface area is 274 Å². The molecule has 0 aromatic heterocycles. The highest BCUT2D eigenvalue weighted by molar-refractivity contribution is 5.86. The number of piperidine rings is 3. The number of hydrogen-bond acceptors (Lipinski definition) is 6. The number of likely N-dealkylation sites (tertiary alicyclic amines) is 2. The van der Waals surface area contributed by atoms with E-state index >= 15 is 0 Å². The number of esters is 1. The number of hydrogen-bond donors (Lipinski definition) is 0. The van der Waals surface area contributed by atoms with Crippen molar-refractivity contribution in [1.29, 1.82) is 0 Å². The lowest BCUT2D eigenvalue weighted by Gasteiger charge is -2.47. The van der Waals surface area contributed by atoms with Crippen molar-refractivity contribution in [2.75, 3.05) is 39.3 Å². The lowest BCUT2D eigenvalue weighted by molar-refractivity contribution is -0.956. The van der Waals surface area contributed by atoms with Gasteiger partial charge in [0.15, 0.2) is 0 Å². The van der Waals surface area contributed by atoms with E-state index < -0.39 is 24.0 Å². The van der Waals surface area contributed by atoms with Crippen molar-refractivity contribution >= 4 is 12.1 Å². The van der Waals surface area contributed by atoms with Crippen LogP contribution in [-0.4, -0.2) is 96.1 Å². The van der Waals surface area contributed by atoms with E-state index in [1.807, 2.05) is 60.7 Å². The molecule has 5 fully saturated rings. The summed E-state index contributed by atoms with van der Waals surface area (Å²) >= 11 is 0. The van der Waals surface area contributed by atoms with Gasteiger partial charge in [-0.1, -0.05) is 67.1 Å². The molecule has 0 N–H and O–H groups in total. The molecule has 0 radical (unpaired) electrons. The average Bonchev–Trinajstić information content (AvgIpc) is 3.64. The molecule has 2 aromatic rings. The van der Waals surface area contributed by atoms with Gasteiger partial charge in [0.25, 0.3) is 0 Å². The molecule has 5 heterocycles. The Hall–Kier alpha value is -2.94. The maximum atomic E-state index is 14.7. The minimum absolute atomic E-state index is 0.149. The molecule has 0 aliphatic carbocycles. The van der Waals surface area contributed by atoms with E-state index in [2.05, 4.69) is 4.90 Å². The fraction of sp³-hybridized carbons (Fsp3) is 0.632. The fourth-order valence-electron chi connectivity index (χ4n) is 9.66. The number of quaternary nitrogens is 1. The SMILES string of the molecule is CC(OC(=O)N1CCC(N2CCCCC2)CC1)OC(C(=O)OC1CC2CCC(C1)[N+]21CCCC1)(c1ccccc1)c1ccccc1. The molecule has 0 saturated carbocycles. The zero-order valence-electron chi connectivity index (χ0n) is 27.6. The summed E-state index contributed by atoms with van der Waals surface area (Å²) in [6.07, 6.45) is 11.1. The molecule has 8 heteroatoms. The van der Waals surface area contributed by atoms with Gasteiger partial charge in [-0.2, -0.15) is 0 Å². The second-order valence-electron chi connectivity index (χ2n) is 14.4. The van der Waals surface area contributed by atoms with Crippen molar-refractivity contribution in [2.45, 2.75) is 114 Å². The highest BCUT2D eigenvalue weighted by Gasteiger charge is 2.57. The first-order valence-corrected chi connectivity index (χ1v) is 18.0. The maximum Gasteiger partial charge on any atom is 0.412 e. The summed E-state index contributed by atoms with van der Waals surface area (Å²) in [5, 5.41) is 0. The Bertz CT molecular complexity index is 1260. The van der Waals surface area contributed by atoms with Crippen LogP contribution in [0, 0.1) is 0 Å². The van der Waals surface area contributed by atoms with Crippen LogP contribution in [0.4, 0.5) is 4.79 Å². The van der Waals surface area contributed by atoms with Gasteiger partial charge in [0.1, 0.15) is 6.10 Å². The Morgan fingerprint density at radius 1 is 0.761 bits per heavy atom. The van der Waals surface area contributed by atoms with Crippen LogP contribution in [-0.2, 0) is 24.6 Å². The Balaban J connectivity index is 1.08. The third kappa shape index (κ3) is 6.09. The number of benzene rings is 2. The van der Waals surface area contributed by atoms with Crippen LogP contribution in [0.1, 0.15) is 88.7 Å². The molecular weight excluding hydrogens is 578 g/mol.